The number of carbonyl (C=O) groups excluding carboxylic acids is 1. The third-order valence-electron chi connectivity index (χ3n) is 3.04. The topological polar surface area (TPSA) is 56.5 Å². The van der Waals surface area contributed by atoms with Crippen molar-refractivity contribution in [2.24, 2.45) is 5.92 Å². The minimum absolute atomic E-state index is 0.153. The monoisotopic (exact) mass is 293 g/mol. The first-order valence-electron chi connectivity index (χ1n) is 6.57. The SMILES string of the molecule is COC(=O)C(C)CSc1nccn2nc(C(C)C)cc12. The van der Waals surface area contributed by atoms with Gasteiger partial charge in [0, 0.05) is 18.1 Å². The third kappa shape index (κ3) is 3.12. The number of aromatic nitrogens is 3. The van der Waals surface area contributed by atoms with Crippen molar-refractivity contribution in [3.8, 4) is 0 Å². The van der Waals surface area contributed by atoms with Crippen LogP contribution >= 0.6 is 11.8 Å². The van der Waals surface area contributed by atoms with E-state index in [1.165, 1.54) is 7.11 Å². The Bertz CT molecular complexity index is 609. The first-order chi connectivity index (χ1) is 9.52. The second kappa shape index (κ2) is 6.26. The van der Waals surface area contributed by atoms with Crippen molar-refractivity contribution in [3.63, 3.8) is 0 Å². The van der Waals surface area contributed by atoms with Crippen LogP contribution in [0, 0.1) is 5.92 Å². The lowest BCUT2D eigenvalue weighted by Crippen LogP contribution is -2.14. The Morgan fingerprint density at radius 1 is 1.45 bits per heavy atom. The van der Waals surface area contributed by atoms with E-state index in [1.54, 1.807) is 18.0 Å². The van der Waals surface area contributed by atoms with Gasteiger partial charge in [-0.15, -0.1) is 11.8 Å². The summed E-state index contributed by atoms with van der Waals surface area (Å²) in [7, 11) is 1.41. The molecule has 0 bridgehead atoms. The van der Waals surface area contributed by atoms with Crippen molar-refractivity contribution in [3.05, 3.63) is 24.2 Å². The normalized spacial score (nSPS) is 12.8. The molecule has 0 spiro atoms. The molecule has 1 atom stereocenters. The van der Waals surface area contributed by atoms with Crippen molar-refractivity contribution in [1.29, 1.82) is 0 Å². The number of hydrogen-bond donors (Lipinski definition) is 0. The average Bonchev–Trinajstić information content (AvgIpc) is 2.88. The maximum Gasteiger partial charge on any atom is 0.309 e. The number of rotatable bonds is 5. The largest absolute Gasteiger partial charge is 0.469 e. The second-order valence-corrected chi connectivity index (χ2v) is 6.03. The summed E-state index contributed by atoms with van der Waals surface area (Å²) in [4.78, 5) is 15.8. The highest BCUT2D eigenvalue weighted by molar-refractivity contribution is 7.99. The summed E-state index contributed by atoms with van der Waals surface area (Å²) in [6.45, 7) is 6.08. The van der Waals surface area contributed by atoms with E-state index in [-0.39, 0.29) is 11.9 Å². The van der Waals surface area contributed by atoms with Crippen LogP contribution in [0.25, 0.3) is 5.52 Å². The van der Waals surface area contributed by atoms with Crippen LogP contribution in [-0.2, 0) is 9.53 Å². The Labute approximate surface area is 122 Å². The summed E-state index contributed by atoms with van der Waals surface area (Å²) in [6, 6.07) is 2.06. The Balaban J connectivity index is 2.19. The number of carbonyl (C=O) groups is 1. The molecule has 0 amide bonds. The molecule has 0 radical (unpaired) electrons. The van der Waals surface area contributed by atoms with E-state index in [2.05, 4.69) is 30.0 Å². The van der Waals surface area contributed by atoms with Crippen molar-refractivity contribution >= 4 is 23.2 Å². The predicted molar refractivity (Wildman–Crippen MR) is 79.0 cm³/mol. The van der Waals surface area contributed by atoms with Crippen LogP contribution in [0.3, 0.4) is 0 Å². The van der Waals surface area contributed by atoms with E-state index >= 15 is 0 Å². The number of fused-ring (bicyclic) bond motifs is 1. The molecule has 5 nitrogen and oxygen atoms in total. The Kier molecular flexibility index (Phi) is 4.65. The molecule has 2 aromatic rings. The van der Waals surface area contributed by atoms with E-state index in [0.29, 0.717) is 11.7 Å². The van der Waals surface area contributed by atoms with Gasteiger partial charge in [-0.25, -0.2) is 9.50 Å². The molecule has 6 heteroatoms. The van der Waals surface area contributed by atoms with Crippen molar-refractivity contribution < 1.29 is 9.53 Å². The van der Waals surface area contributed by atoms with Gasteiger partial charge in [0.25, 0.3) is 0 Å². The molecule has 0 fully saturated rings. The second-order valence-electron chi connectivity index (χ2n) is 5.02. The predicted octanol–water partition coefficient (Wildman–Crippen LogP) is 2.75. The molecule has 0 aliphatic carbocycles. The summed E-state index contributed by atoms with van der Waals surface area (Å²) in [5, 5.41) is 5.41. The Morgan fingerprint density at radius 3 is 2.85 bits per heavy atom. The molecule has 2 heterocycles. The van der Waals surface area contributed by atoms with Gasteiger partial charge in [0.1, 0.15) is 5.03 Å². The fourth-order valence-corrected chi connectivity index (χ4v) is 2.76. The van der Waals surface area contributed by atoms with Crippen LogP contribution in [0.2, 0.25) is 0 Å². The molecule has 0 saturated heterocycles. The molecule has 0 aliphatic heterocycles. The van der Waals surface area contributed by atoms with Crippen LogP contribution < -0.4 is 0 Å². The minimum atomic E-state index is -0.194. The molecule has 0 saturated carbocycles. The number of ether oxygens (including phenoxy) is 1. The van der Waals surface area contributed by atoms with Crippen molar-refractivity contribution in [2.45, 2.75) is 31.7 Å². The van der Waals surface area contributed by atoms with Crippen molar-refractivity contribution in [1.82, 2.24) is 14.6 Å². The highest BCUT2D eigenvalue weighted by Crippen LogP contribution is 2.25. The maximum absolute atomic E-state index is 11.4. The summed E-state index contributed by atoms with van der Waals surface area (Å²) in [5.41, 5.74) is 2.03. The minimum Gasteiger partial charge on any atom is -0.469 e. The summed E-state index contributed by atoms with van der Waals surface area (Å²) in [5.74, 6) is 0.670. The van der Waals surface area contributed by atoms with E-state index in [1.807, 2.05) is 17.6 Å². The van der Waals surface area contributed by atoms with Gasteiger partial charge < -0.3 is 4.74 Å². The van der Waals surface area contributed by atoms with Crippen LogP contribution in [0.15, 0.2) is 23.5 Å². The zero-order chi connectivity index (χ0) is 14.7. The van der Waals surface area contributed by atoms with Gasteiger partial charge in [0.15, 0.2) is 0 Å². The molecule has 2 aromatic heterocycles. The van der Waals surface area contributed by atoms with Crippen LogP contribution in [0.1, 0.15) is 32.4 Å². The number of methoxy groups -OCH3 is 1. The molecule has 1 unspecified atom stereocenters. The Hall–Kier alpha value is -1.56. The fourth-order valence-electron chi connectivity index (χ4n) is 1.78. The van der Waals surface area contributed by atoms with Gasteiger partial charge in [-0.3, -0.25) is 4.79 Å². The highest BCUT2D eigenvalue weighted by atomic mass is 32.2. The van der Waals surface area contributed by atoms with Crippen LogP contribution in [-0.4, -0.2) is 33.4 Å². The molecular weight excluding hydrogens is 274 g/mol. The molecular formula is C14H19N3O2S. The van der Waals surface area contributed by atoms with E-state index in [9.17, 15) is 4.79 Å². The smallest absolute Gasteiger partial charge is 0.309 e. The first kappa shape index (κ1) is 14.8. The molecule has 0 aromatic carbocycles. The summed E-state index contributed by atoms with van der Waals surface area (Å²) >= 11 is 1.55. The average molecular weight is 293 g/mol. The zero-order valence-electron chi connectivity index (χ0n) is 12.2. The highest BCUT2D eigenvalue weighted by Gasteiger charge is 2.16. The van der Waals surface area contributed by atoms with Gasteiger partial charge in [0.2, 0.25) is 0 Å². The standard InChI is InChI=1S/C14H19N3O2S/c1-9(2)11-7-12-13(15-5-6-17(12)16-11)20-8-10(3)14(18)19-4/h5-7,9-10H,8H2,1-4H3. The van der Waals surface area contributed by atoms with Crippen LogP contribution in [0.5, 0.6) is 0 Å². The van der Waals surface area contributed by atoms with Gasteiger partial charge in [-0.2, -0.15) is 5.10 Å². The fraction of sp³-hybridized carbons (Fsp3) is 0.500. The summed E-state index contributed by atoms with van der Waals surface area (Å²) in [6.07, 6.45) is 3.57. The lowest BCUT2D eigenvalue weighted by atomic mass is 10.1. The Morgan fingerprint density at radius 2 is 2.20 bits per heavy atom. The number of thioether (sulfide) groups is 1. The molecule has 0 N–H and O–H groups in total. The number of esters is 1. The summed E-state index contributed by atoms with van der Waals surface area (Å²) < 4.78 is 6.57. The number of hydrogen-bond acceptors (Lipinski definition) is 5. The van der Waals surface area contributed by atoms with Gasteiger partial charge in [-0.1, -0.05) is 20.8 Å². The lowest BCUT2D eigenvalue weighted by Gasteiger charge is -2.08. The maximum atomic E-state index is 11.4. The van der Waals surface area contributed by atoms with Gasteiger partial charge in [-0.05, 0) is 12.0 Å². The quantitative estimate of drug-likeness (QED) is 0.626. The molecule has 108 valence electrons. The molecule has 20 heavy (non-hydrogen) atoms. The van der Waals surface area contributed by atoms with E-state index in [4.69, 9.17) is 4.74 Å². The lowest BCUT2D eigenvalue weighted by molar-refractivity contribution is -0.143. The van der Waals surface area contributed by atoms with E-state index in [0.717, 1.165) is 16.2 Å². The molecule has 2 rings (SSSR count). The van der Waals surface area contributed by atoms with E-state index < -0.39 is 0 Å². The molecule has 0 aliphatic rings. The first-order valence-corrected chi connectivity index (χ1v) is 7.56. The van der Waals surface area contributed by atoms with Crippen molar-refractivity contribution in [2.75, 3.05) is 12.9 Å². The van der Waals surface area contributed by atoms with Gasteiger partial charge in [0.05, 0.1) is 24.2 Å². The zero-order valence-corrected chi connectivity index (χ0v) is 13.0. The van der Waals surface area contributed by atoms with Gasteiger partial charge >= 0.3 is 5.97 Å². The number of nitrogens with zero attached hydrogens (tertiary/aromatic N) is 3. The van der Waals surface area contributed by atoms with Crippen LogP contribution in [0.4, 0.5) is 0 Å². The third-order valence-corrected chi connectivity index (χ3v) is 4.29.